The average Bonchev–Trinajstić information content (AvgIpc) is 2.71. The van der Waals surface area contributed by atoms with E-state index in [1.54, 1.807) is 0 Å². The SMILES string of the molecule is CC1CC(N2CCC(OCCCN)CC2)CN1C. The second-order valence-electron chi connectivity index (χ2n) is 5.93. The molecule has 2 aliphatic rings. The topological polar surface area (TPSA) is 41.7 Å². The first-order chi connectivity index (χ1) is 8.70. The van der Waals surface area contributed by atoms with Gasteiger partial charge in [-0.15, -0.1) is 0 Å². The minimum atomic E-state index is 0.476. The number of hydrogen-bond acceptors (Lipinski definition) is 4. The van der Waals surface area contributed by atoms with Gasteiger partial charge in [-0.2, -0.15) is 0 Å². The number of hydrogen-bond donors (Lipinski definition) is 1. The molecule has 0 saturated carbocycles. The van der Waals surface area contributed by atoms with E-state index in [-0.39, 0.29) is 0 Å². The van der Waals surface area contributed by atoms with E-state index in [1.165, 1.54) is 38.9 Å². The summed E-state index contributed by atoms with van der Waals surface area (Å²) in [6.45, 7) is 7.56. The number of nitrogens with zero attached hydrogens (tertiary/aromatic N) is 2. The summed E-state index contributed by atoms with van der Waals surface area (Å²) in [5, 5.41) is 0. The zero-order valence-electron chi connectivity index (χ0n) is 12.0. The van der Waals surface area contributed by atoms with Crippen LogP contribution >= 0.6 is 0 Å². The van der Waals surface area contributed by atoms with Crippen LogP contribution < -0.4 is 5.73 Å². The highest BCUT2D eigenvalue weighted by molar-refractivity contribution is 4.89. The third-order valence-electron chi connectivity index (χ3n) is 4.56. The maximum atomic E-state index is 5.86. The van der Waals surface area contributed by atoms with Gasteiger partial charge in [0, 0.05) is 38.3 Å². The quantitative estimate of drug-likeness (QED) is 0.742. The monoisotopic (exact) mass is 255 g/mol. The summed E-state index contributed by atoms with van der Waals surface area (Å²) in [6.07, 6.45) is 5.18. The minimum Gasteiger partial charge on any atom is -0.378 e. The van der Waals surface area contributed by atoms with Crippen molar-refractivity contribution in [3.63, 3.8) is 0 Å². The fourth-order valence-corrected chi connectivity index (χ4v) is 3.17. The highest BCUT2D eigenvalue weighted by Crippen LogP contribution is 2.24. The Kier molecular flexibility index (Phi) is 5.42. The number of rotatable bonds is 5. The van der Waals surface area contributed by atoms with Crippen molar-refractivity contribution in [2.45, 2.75) is 50.8 Å². The Labute approximate surface area is 111 Å². The van der Waals surface area contributed by atoms with Crippen molar-refractivity contribution in [3.05, 3.63) is 0 Å². The fraction of sp³-hybridized carbons (Fsp3) is 1.00. The van der Waals surface area contributed by atoms with E-state index in [1.807, 2.05) is 0 Å². The average molecular weight is 255 g/mol. The Balaban J connectivity index is 1.67. The zero-order valence-corrected chi connectivity index (χ0v) is 12.0. The van der Waals surface area contributed by atoms with Gasteiger partial charge in [-0.1, -0.05) is 0 Å². The first kappa shape index (κ1) is 14.3. The van der Waals surface area contributed by atoms with Crippen LogP contribution in [0.25, 0.3) is 0 Å². The minimum absolute atomic E-state index is 0.476. The van der Waals surface area contributed by atoms with Gasteiger partial charge >= 0.3 is 0 Å². The summed E-state index contributed by atoms with van der Waals surface area (Å²) in [5.41, 5.74) is 5.48. The lowest BCUT2D eigenvalue weighted by molar-refractivity contribution is -0.00109. The molecule has 2 unspecified atom stereocenters. The molecule has 0 radical (unpaired) electrons. The van der Waals surface area contributed by atoms with Gasteiger partial charge in [-0.25, -0.2) is 0 Å². The summed E-state index contributed by atoms with van der Waals surface area (Å²) in [7, 11) is 2.24. The molecule has 2 aliphatic heterocycles. The van der Waals surface area contributed by atoms with E-state index in [0.717, 1.165) is 31.7 Å². The van der Waals surface area contributed by atoms with Crippen molar-refractivity contribution in [1.82, 2.24) is 9.80 Å². The van der Waals surface area contributed by atoms with Gasteiger partial charge < -0.3 is 15.4 Å². The van der Waals surface area contributed by atoms with Gasteiger partial charge in [0.15, 0.2) is 0 Å². The molecule has 0 bridgehead atoms. The summed E-state index contributed by atoms with van der Waals surface area (Å²) in [5.74, 6) is 0. The molecule has 0 spiro atoms. The maximum Gasteiger partial charge on any atom is 0.0599 e. The number of likely N-dealkylation sites (N-methyl/N-ethyl adjacent to an activating group) is 1. The molecule has 2 atom stereocenters. The molecule has 2 rings (SSSR count). The van der Waals surface area contributed by atoms with E-state index in [4.69, 9.17) is 10.5 Å². The van der Waals surface area contributed by atoms with Crippen LogP contribution in [0.4, 0.5) is 0 Å². The summed E-state index contributed by atoms with van der Waals surface area (Å²) < 4.78 is 5.86. The van der Waals surface area contributed by atoms with Crippen LogP contribution in [0.1, 0.15) is 32.6 Å². The largest absolute Gasteiger partial charge is 0.378 e. The highest BCUT2D eigenvalue weighted by atomic mass is 16.5. The van der Waals surface area contributed by atoms with Crippen LogP contribution in [0.15, 0.2) is 0 Å². The Morgan fingerprint density at radius 3 is 2.56 bits per heavy atom. The maximum absolute atomic E-state index is 5.86. The predicted octanol–water partition coefficient (Wildman–Crippen LogP) is 0.909. The van der Waals surface area contributed by atoms with Crippen molar-refractivity contribution in [2.75, 3.05) is 39.8 Å². The van der Waals surface area contributed by atoms with E-state index in [0.29, 0.717) is 6.10 Å². The number of nitrogens with two attached hydrogens (primary N) is 1. The summed E-state index contributed by atoms with van der Waals surface area (Å²) in [4.78, 5) is 5.15. The van der Waals surface area contributed by atoms with Crippen molar-refractivity contribution in [2.24, 2.45) is 5.73 Å². The van der Waals surface area contributed by atoms with Crippen molar-refractivity contribution >= 4 is 0 Å². The second kappa shape index (κ2) is 6.85. The van der Waals surface area contributed by atoms with E-state index in [9.17, 15) is 0 Å². The third-order valence-corrected chi connectivity index (χ3v) is 4.56. The molecule has 2 N–H and O–H groups in total. The number of likely N-dealkylation sites (tertiary alicyclic amines) is 2. The molecule has 4 nitrogen and oxygen atoms in total. The van der Waals surface area contributed by atoms with Crippen LogP contribution in [-0.2, 0) is 4.74 Å². The molecular weight excluding hydrogens is 226 g/mol. The summed E-state index contributed by atoms with van der Waals surface area (Å²) in [6, 6.07) is 1.52. The smallest absolute Gasteiger partial charge is 0.0599 e. The Morgan fingerprint density at radius 1 is 1.28 bits per heavy atom. The van der Waals surface area contributed by atoms with Crippen LogP contribution in [0.3, 0.4) is 0 Å². The molecule has 18 heavy (non-hydrogen) atoms. The van der Waals surface area contributed by atoms with E-state index < -0.39 is 0 Å². The first-order valence-electron chi connectivity index (χ1n) is 7.46. The van der Waals surface area contributed by atoms with Crippen LogP contribution in [-0.4, -0.2) is 67.8 Å². The normalized spacial score (nSPS) is 32.2. The molecule has 4 heteroatoms. The van der Waals surface area contributed by atoms with E-state index >= 15 is 0 Å². The number of piperidine rings is 1. The molecule has 2 saturated heterocycles. The Morgan fingerprint density at radius 2 is 2.00 bits per heavy atom. The summed E-state index contributed by atoms with van der Waals surface area (Å²) >= 11 is 0. The van der Waals surface area contributed by atoms with Crippen LogP contribution in [0, 0.1) is 0 Å². The lowest BCUT2D eigenvalue weighted by atomic mass is 10.0. The zero-order chi connectivity index (χ0) is 13.0. The molecule has 0 amide bonds. The molecule has 106 valence electrons. The van der Waals surface area contributed by atoms with Gasteiger partial charge in [0.25, 0.3) is 0 Å². The standard InChI is InChI=1S/C14H29N3O/c1-12-10-13(11-16(12)2)17-7-4-14(5-8-17)18-9-3-6-15/h12-14H,3-11,15H2,1-2H3. The van der Waals surface area contributed by atoms with Gasteiger partial charge in [-0.3, -0.25) is 4.90 Å². The highest BCUT2D eigenvalue weighted by Gasteiger charge is 2.32. The molecule has 2 heterocycles. The molecule has 2 fully saturated rings. The lowest BCUT2D eigenvalue weighted by Crippen LogP contribution is -2.44. The first-order valence-corrected chi connectivity index (χ1v) is 7.46. The predicted molar refractivity (Wildman–Crippen MR) is 74.7 cm³/mol. The number of ether oxygens (including phenoxy) is 1. The Bertz CT molecular complexity index is 231. The van der Waals surface area contributed by atoms with Crippen LogP contribution in [0.2, 0.25) is 0 Å². The molecule has 0 aromatic heterocycles. The van der Waals surface area contributed by atoms with Gasteiger partial charge in [0.2, 0.25) is 0 Å². The van der Waals surface area contributed by atoms with Gasteiger partial charge in [0.05, 0.1) is 6.10 Å². The van der Waals surface area contributed by atoms with Crippen LogP contribution in [0.5, 0.6) is 0 Å². The van der Waals surface area contributed by atoms with E-state index in [2.05, 4.69) is 23.8 Å². The van der Waals surface area contributed by atoms with Crippen molar-refractivity contribution in [3.8, 4) is 0 Å². The Hall–Kier alpha value is -0.160. The van der Waals surface area contributed by atoms with Gasteiger partial charge in [0.1, 0.15) is 0 Å². The molecule has 0 aliphatic carbocycles. The lowest BCUT2D eigenvalue weighted by Gasteiger charge is -2.35. The molecule has 0 aromatic rings. The molecule has 0 aromatic carbocycles. The van der Waals surface area contributed by atoms with Crippen molar-refractivity contribution in [1.29, 1.82) is 0 Å². The van der Waals surface area contributed by atoms with Gasteiger partial charge in [-0.05, 0) is 46.2 Å². The second-order valence-corrected chi connectivity index (χ2v) is 5.93. The van der Waals surface area contributed by atoms with Crippen molar-refractivity contribution < 1.29 is 4.74 Å². The fourth-order valence-electron chi connectivity index (χ4n) is 3.17. The third kappa shape index (κ3) is 3.67. The molecular formula is C14H29N3O.